The molecule has 1 atom stereocenters. The summed E-state index contributed by atoms with van der Waals surface area (Å²) < 4.78 is 0. The molecule has 12 heavy (non-hydrogen) atoms. The molecule has 0 saturated heterocycles. The van der Waals surface area contributed by atoms with Crippen LogP contribution >= 0.6 is 11.6 Å². The Labute approximate surface area is 77.2 Å². The zero-order valence-electron chi connectivity index (χ0n) is 7.21. The van der Waals surface area contributed by atoms with Crippen LogP contribution in [-0.2, 0) is 0 Å². The molecule has 0 aliphatic heterocycles. The van der Waals surface area contributed by atoms with Crippen LogP contribution in [0.15, 0.2) is 12.4 Å². The van der Waals surface area contributed by atoms with E-state index in [1.165, 1.54) is 6.33 Å². The predicted octanol–water partition coefficient (Wildman–Crippen LogP) is 1.82. The van der Waals surface area contributed by atoms with Gasteiger partial charge in [-0.15, -0.1) is 11.6 Å². The van der Waals surface area contributed by atoms with Crippen molar-refractivity contribution in [2.75, 3.05) is 11.9 Å². The van der Waals surface area contributed by atoms with E-state index < -0.39 is 0 Å². The number of halogens is 1. The van der Waals surface area contributed by atoms with Crippen LogP contribution < -0.4 is 5.32 Å². The summed E-state index contributed by atoms with van der Waals surface area (Å²) in [6.07, 6.45) is 1.54. The van der Waals surface area contributed by atoms with Crippen molar-refractivity contribution in [3.8, 4) is 0 Å². The van der Waals surface area contributed by atoms with Gasteiger partial charge in [0.05, 0.1) is 0 Å². The molecule has 0 radical (unpaired) electrons. The molecule has 1 rings (SSSR count). The highest BCUT2D eigenvalue weighted by Gasteiger charge is 1.97. The molecule has 1 heterocycles. The van der Waals surface area contributed by atoms with E-state index in [1.54, 1.807) is 0 Å². The van der Waals surface area contributed by atoms with Gasteiger partial charge in [-0.1, -0.05) is 0 Å². The average molecular weight is 186 g/mol. The number of rotatable bonds is 3. The van der Waals surface area contributed by atoms with Gasteiger partial charge in [-0.25, -0.2) is 9.97 Å². The molecule has 66 valence electrons. The number of aromatic nitrogens is 2. The lowest BCUT2D eigenvalue weighted by atomic mass is 10.4. The van der Waals surface area contributed by atoms with Gasteiger partial charge in [0.15, 0.2) is 0 Å². The van der Waals surface area contributed by atoms with Crippen LogP contribution in [0.25, 0.3) is 0 Å². The zero-order valence-corrected chi connectivity index (χ0v) is 7.97. The Balaban J connectivity index is 2.52. The summed E-state index contributed by atoms with van der Waals surface area (Å²) in [5, 5.41) is 3.21. The van der Waals surface area contributed by atoms with E-state index in [4.69, 9.17) is 11.6 Å². The van der Waals surface area contributed by atoms with Crippen LogP contribution in [0.5, 0.6) is 0 Å². The van der Waals surface area contributed by atoms with E-state index >= 15 is 0 Å². The third kappa shape index (κ3) is 3.05. The van der Waals surface area contributed by atoms with Gasteiger partial charge in [0.1, 0.15) is 12.1 Å². The van der Waals surface area contributed by atoms with Crippen molar-refractivity contribution >= 4 is 17.4 Å². The highest BCUT2D eigenvalue weighted by molar-refractivity contribution is 6.20. The molecule has 0 saturated carbocycles. The minimum atomic E-state index is 0.111. The monoisotopic (exact) mass is 185 g/mol. The molecule has 1 aromatic rings. The molecule has 0 fully saturated rings. The minimum Gasteiger partial charge on any atom is -0.368 e. The summed E-state index contributed by atoms with van der Waals surface area (Å²) in [6.45, 7) is 4.58. The largest absolute Gasteiger partial charge is 0.368 e. The Hall–Kier alpha value is -0.830. The Morgan fingerprint density at radius 2 is 2.33 bits per heavy atom. The smallest absolute Gasteiger partial charge is 0.129 e. The van der Waals surface area contributed by atoms with E-state index in [2.05, 4.69) is 15.3 Å². The number of nitrogens with one attached hydrogen (secondary N) is 1. The Bertz CT molecular complexity index is 250. The number of aryl methyl sites for hydroxylation is 1. The van der Waals surface area contributed by atoms with E-state index in [0.717, 1.165) is 18.1 Å². The van der Waals surface area contributed by atoms with E-state index in [-0.39, 0.29) is 5.38 Å². The first-order valence-electron chi connectivity index (χ1n) is 3.85. The number of hydrogen-bond acceptors (Lipinski definition) is 3. The Morgan fingerprint density at radius 1 is 1.58 bits per heavy atom. The lowest BCUT2D eigenvalue weighted by Gasteiger charge is -2.06. The van der Waals surface area contributed by atoms with Crippen molar-refractivity contribution in [3.63, 3.8) is 0 Å². The Morgan fingerprint density at radius 3 is 2.92 bits per heavy atom. The lowest BCUT2D eigenvalue weighted by molar-refractivity contribution is 0.968. The van der Waals surface area contributed by atoms with Crippen LogP contribution in [0, 0.1) is 6.92 Å². The van der Waals surface area contributed by atoms with Crippen molar-refractivity contribution in [3.05, 3.63) is 18.1 Å². The van der Waals surface area contributed by atoms with Crippen LogP contribution in [0.3, 0.4) is 0 Å². The number of anilines is 1. The number of nitrogens with zero attached hydrogens (tertiary/aromatic N) is 2. The summed E-state index contributed by atoms with van der Waals surface area (Å²) in [6, 6.07) is 1.89. The third-order valence-electron chi connectivity index (χ3n) is 1.37. The van der Waals surface area contributed by atoms with Crippen molar-refractivity contribution in [1.29, 1.82) is 0 Å². The summed E-state index contributed by atoms with van der Waals surface area (Å²) in [5.74, 6) is 0.829. The third-order valence-corrected chi connectivity index (χ3v) is 1.52. The molecule has 0 bridgehead atoms. The first-order chi connectivity index (χ1) is 5.68. The Kier molecular flexibility index (Phi) is 3.29. The maximum atomic E-state index is 5.76. The van der Waals surface area contributed by atoms with Crippen molar-refractivity contribution in [1.82, 2.24) is 9.97 Å². The standard InChI is InChI=1S/C8H12ClN3/c1-6(9)4-10-8-3-7(2)11-5-12-8/h3,5-6H,4H2,1-2H3,(H,10,11,12). The fourth-order valence-corrected chi connectivity index (χ4v) is 0.874. The molecule has 0 amide bonds. The van der Waals surface area contributed by atoms with Crippen molar-refractivity contribution in [2.24, 2.45) is 0 Å². The molecule has 1 N–H and O–H groups in total. The van der Waals surface area contributed by atoms with E-state index in [9.17, 15) is 0 Å². The van der Waals surface area contributed by atoms with Gasteiger partial charge in [-0.2, -0.15) is 0 Å². The van der Waals surface area contributed by atoms with Gasteiger partial charge in [0.25, 0.3) is 0 Å². The molecular weight excluding hydrogens is 174 g/mol. The second kappa shape index (κ2) is 4.26. The fourth-order valence-electron chi connectivity index (χ4n) is 0.796. The molecule has 0 aliphatic carbocycles. The van der Waals surface area contributed by atoms with Gasteiger partial charge >= 0.3 is 0 Å². The lowest BCUT2D eigenvalue weighted by Crippen LogP contribution is -2.11. The number of alkyl halides is 1. The average Bonchev–Trinajstić information content (AvgIpc) is 2.01. The first-order valence-corrected chi connectivity index (χ1v) is 4.28. The molecule has 1 unspecified atom stereocenters. The van der Waals surface area contributed by atoms with Crippen molar-refractivity contribution in [2.45, 2.75) is 19.2 Å². The summed E-state index contributed by atoms with van der Waals surface area (Å²) in [7, 11) is 0. The van der Waals surface area contributed by atoms with Gasteiger partial charge in [-0.05, 0) is 13.8 Å². The van der Waals surface area contributed by atoms with Crippen molar-refractivity contribution < 1.29 is 0 Å². The fraction of sp³-hybridized carbons (Fsp3) is 0.500. The van der Waals surface area contributed by atoms with Crippen LogP contribution in [0.4, 0.5) is 5.82 Å². The second-order valence-corrected chi connectivity index (χ2v) is 3.45. The van der Waals surface area contributed by atoms with Gasteiger partial charge in [0.2, 0.25) is 0 Å². The zero-order chi connectivity index (χ0) is 8.97. The summed E-state index contributed by atoms with van der Waals surface area (Å²) in [4.78, 5) is 8.01. The molecule has 1 aromatic heterocycles. The molecule has 4 heteroatoms. The minimum absolute atomic E-state index is 0.111. The highest BCUT2D eigenvalue weighted by atomic mass is 35.5. The van der Waals surface area contributed by atoms with Gasteiger partial charge < -0.3 is 5.32 Å². The molecular formula is C8H12ClN3. The predicted molar refractivity (Wildman–Crippen MR) is 50.6 cm³/mol. The van der Waals surface area contributed by atoms with Crippen LogP contribution in [-0.4, -0.2) is 21.9 Å². The highest BCUT2D eigenvalue weighted by Crippen LogP contribution is 2.03. The maximum absolute atomic E-state index is 5.76. The second-order valence-electron chi connectivity index (χ2n) is 2.71. The van der Waals surface area contributed by atoms with Gasteiger partial charge in [0, 0.05) is 23.7 Å². The normalized spacial score (nSPS) is 12.6. The summed E-state index contributed by atoms with van der Waals surface area (Å²) >= 11 is 5.76. The van der Waals surface area contributed by atoms with E-state index in [0.29, 0.717) is 0 Å². The summed E-state index contributed by atoms with van der Waals surface area (Å²) in [5.41, 5.74) is 0.953. The van der Waals surface area contributed by atoms with Crippen LogP contribution in [0.2, 0.25) is 0 Å². The molecule has 0 aromatic carbocycles. The number of hydrogen-bond donors (Lipinski definition) is 1. The molecule has 0 aliphatic rings. The maximum Gasteiger partial charge on any atom is 0.129 e. The quantitative estimate of drug-likeness (QED) is 0.731. The SMILES string of the molecule is Cc1cc(NCC(C)Cl)ncn1. The first kappa shape index (κ1) is 9.26. The topological polar surface area (TPSA) is 37.8 Å². The van der Waals surface area contributed by atoms with Gasteiger partial charge in [-0.3, -0.25) is 0 Å². The molecule has 0 spiro atoms. The van der Waals surface area contributed by atoms with E-state index in [1.807, 2.05) is 19.9 Å². The molecule has 3 nitrogen and oxygen atoms in total. The van der Waals surface area contributed by atoms with Crippen LogP contribution in [0.1, 0.15) is 12.6 Å².